The van der Waals surface area contributed by atoms with Crippen LogP contribution in [0.3, 0.4) is 0 Å². The number of nitrogens with zero attached hydrogens (tertiary/aromatic N) is 1. The van der Waals surface area contributed by atoms with Gasteiger partial charge >= 0.3 is 5.97 Å². The number of hydrogen-bond acceptors (Lipinski definition) is 4. The number of amides is 1. The van der Waals surface area contributed by atoms with E-state index < -0.39 is 27.4 Å². The quantitative estimate of drug-likeness (QED) is 0.779. The Kier molecular flexibility index (Phi) is 6.09. The Morgan fingerprint density at radius 1 is 1.11 bits per heavy atom. The Morgan fingerprint density at radius 3 is 2.32 bits per heavy atom. The third-order valence-corrected chi connectivity index (χ3v) is 7.72. The first-order valence-electron chi connectivity index (χ1n) is 9.91. The van der Waals surface area contributed by atoms with Crippen LogP contribution in [0, 0.1) is 5.92 Å². The minimum absolute atomic E-state index is 0.156. The Morgan fingerprint density at radius 2 is 1.75 bits per heavy atom. The summed E-state index contributed by atoms with van der Waals surface area (Å²) in [4.78, 5) is 24.5. The zero-order valence-electron chi connectivity index (χ0n) is 16.2. The average Bonchev–Trinajstić information content (AvgIpc) is 2.68. The normalized spacial score (nSPS) is 23.1. The second-order valence-electron chi connectivity index (χ2n) is 8.04. The first kappa shape index (κ1) is 20.8. The van der Waals surface area contributed by atoms with Gasteiger partial charge in [0, 0.05) is 18.7 Å². The summed E-state index contributed by atoms with van der Waals surface area (Å²) in [5.74, 6) is -1.17. The highest BCUT2D eigenvalue weighted by atomic mass is 32.2. The molecule has 1 saturated heterocycles. The Bertz CT molecular complexity index is 829. The van der Waals surface area contributed by atoms with Crippen LogP contribution in [0.25, 0.3) is 0 Å². The van der Waals surface area contributed by atoms with E-state index in [0.29, 0.717) is 31.8 Å². The molecule has 1 aliphatic heterocycles. The van der Waals surface area contributed by atoms with Crippen LogP contribution < -0.4 is 5.32 Å². The number of piperidine rings is 1. The number of carbonyl (C=O) groups excluding carboxylic acids is 1. The number of hydrogen-bond donors (Lipinski definition) is 2. The van der Waals surface area contributed by atoms with Crippen molar-refractivity contribution < 1.29 is 23.1 Å². The van der Waals surface area contributed by atoms with Crippen molar-refractivity contribution in [2.75, 3.05) is 13.1 Å². The fraction of sp³-hybridized carbons (Fsp3) is 0.600. The molecule has 7 nitrogen and oxygen atoms in total. The zero-order valence-corrected chi connectivity index (χ0v) is 17.0. The van der Waals surface area contributed by atoms with Crippen LogP contribution >= 0.6 is 0 Å². The van der Waals surface area contributed by atoms with Gasteiger partial charge in [0.2, 0.25) is 10.0 Å². The van der Waals surface area contributed by atoms with Crippen molar-refractivity contribution in [2.24, 2.45) is 5.92 Å². The van der Waals surface area contributed by atoms with Crippen LogP contribution in [0.2, 0.25) is 0 Å². The zero-order chi connectivity index (χ0) is 20.4. The maximum absolute atomic E-state index is 12.8. The van der Waals surface area contributed by atoms with Crippen molar-refractivity contribution in [3.05, 3.63) is 29.8 Å². The molecule has 8 heteroatoms. The Balaban J connectivity index is 1.74. The maximum atomic E-state index is 12.8. The molecule has 1 aromatic rings. The van der Waals surface area contributed by atoms with Gasteiger partial charge in [-0.15, -0.1) is 0 Å². The van der Waals surface area contributed by atoms with E-state index in [-0.39, 0.29) is 10.5 Å². The summed E-state index contributed by atoms with van der Waals surface area (Å²) >= 11 is 0. The van der Waals surface area contributed by atoms with E-state index in [1.165, 1.54) is 28.6 Å². The smallest absolute Gasteiger partial charge is 0.329 e. The van der Waals surface area contributed by atoms with Crippen molar-refractivity contribution in [2.45, 2.75) is 62.3 Å². The topological polar surface area (TPSA) is 104 Å². The van der Waals surface area contributed by atoms with Gasteiger partial charge in [-0.05, 0) is 55.9 Å². The fourth-order valence-corrected chi connectivity index (χ4v) is 5.73. The average molecular weight is 409 g/mol. The Labute approximate surface area is 166 Å². The number of nitrogens with one attached hydrogen (secondary N) is 1. The number of benzene rings is 1. The molecular weight excluding hydrogens is 380 g/mol. The highest BCUT2D eigenvalue weighted by Gasteiger charge is 2.41. The number of carboxylic acids is 1. The van der Waals surface area contributed by atoms with Crippen molar-refractivity contribution in [1.29, 1.82) is 0 Å². The SMILES string of the molecule is C[C@@H]1CCCN(S(=O)(=O)c2ccc(C(=O)NC3(C(=O)O)CCCCC3)cc2)C1. The van der Waals surface area contributed by atoms with Crippen molar-refractivity contribution in [3.63, 3.8) is 0 Å². The van der Waals surface area contributed by atoms with Crippen molar-refractivity contribution in [3.8, 4) is 0 Å². The highest BCUT2D eigenvalue weighted by molar-refractivity contribution is 7.89. The van der Waals surface area contributed by atoms with Gasteiger partial charge in [-0.1, -0.05) is 26.2 Å². The van der Waals surface area contributed by atoms with Gasteiger partial charge in [-0.25, -0.2) is 13.2 Å². The van der Waals surface area contributed by atoms with Crippen molar-refractivity contribution >= 4 is 21.9 Å². The summed E-state index contributed by atoms with van der Waals surface area (Å²) in [7, 11) is -3.58. The van der Waals surface area contributed by atoms with Crippen LogP contribution in [0.1, 0.15) is 62.2 Å². The molecule has 0 radical (unpaired) electrons. The third-order valence-electron chi connectivity index (χ3n) is 5.84. The van der Waals surface area contributed by atoms with Crippen LogP contribution in [-0.4, -0.2) is 48.3 Å². The molecule has 0 aromatic heterocycles. The molecule has 1 heterocycles. The molecule has 0 spiro atoms. The summed E-state index contributed by atoms with van der Waals surface area (Å²) in [5.41, 5.74) is -0.971. The summed E-state index contributed by atoms with van der Waals surface area (Å²) in [6.45, 7) is 3.06. The van der Waals surface area contributed by atoms with E-state index in [0.717, 1.165) is 32.1 Å². The molecule has 0 unspecified atom stereocenters. The van der Waals surface area contributed by atoms with Gasteiger partial charge in [-0.2, -0.15) is 4.31 Å². The Hall–Kier alpha value is -1.93. The van der Waals surface area contributed by atoms with Crippen LogP contribution in [0.5, 0.6) is 0 Å². The molecule has 2 aliphatic rings. The molecular formula is C20H28N2O5S. The number of rotatable bonds is 5. The molecule has 2 fully saturated rings. The lowest BCUT2D eigenvalue weighted by molar-refractivity contribution is -0.145. The lowest BCUT2D eigenvalue weighted by Gasteiger charge is -2.34. The van der Waals surface area contributed by atoms with E-state index in [4.69, 9.17) is 0 Å². The van der Waals surface area contributed by atoms with Gasteiger partial charge in [-0.3, -0.25) is 4.79 Å². The second-order valence-corrected chi connectivity index (χ2v) is 9.97. The minimum atomic E-state index is -3.58. The summed E-state index contributed by atoms with van der Waals surface area (Å²) in [5, 5.41) is 12.3. The number of sulfonamides is 1. The first-order valence-corrected chi connectivity index (χ1v) is 11.3. The van der Waals surface area contributed by atoms with E-state index >= 15 is 0 Å². The molecule has 1 aromatic carbocycles. The van der Waals surface area contributed by atoms with E-state index in [1.807, 2.05) is 6.92 Å². The number of carboxylic acid groups (broad SMARTS) is 1. The summed E-state index contributed by atoms with van der Waals surface area (Å²) in [6, 6.07) is 5.76. The van der Waals surface area contributed by atoms with Gasteiger partial charge in [0.15, 0.2) is 0 Å². The second kappa shape index (κ2) is 8.21. The van der Waals surface area contributed by atoms with Gasteiger partial charge in [0.25, 0.3) is 5.91 Å². The summed E-state index contributed by atoms with van der Waals surface area (Å²) in [6.07, 6.45) is 5.18. The van der Waals surface area contributed by atoms with Crippen LogP contribution in [0.15, 0.2) is 29.2 Å². The van der Waals surface area contributed by atoms with Crippen molar-refractivity contribution in [1.82, 2.24) is 9.62 Å². The van der Waals surface area contributed by atoms with E-state index in [2.05, 4.69) is 5.32 Å². The fourth-order valence-electron chi connectivity index (χ4n) is 4.13. The molecule has 3 rings (SSSR count). The molecule has 1 atom stereocenters. The predicted octanol–water partition coefficient (Wildman–Crippen LogP) is 2.62. The number of aliphatic carboxylic acids is 1. The summed E-state index contributed by atoms with van der Waals surface area (Å²) < 4.78 is 27.1. The maximum Gasteiger partial charge on any atom is 0.329 e. The molecule has 28 heavy (non-hydrogen) atoms. The standard InChI is InChI=1S/C20H28N2O5S/c1-15-6-5-13-22(14-15)28(26,27)17-9-7-16(8-10-17)18(23)21-20(19(24)25)11-3-2-4-12-20/h7-10,15H,2-6,11-14H2,1H3,(H,21,23)(H,24,25)/t15-/m1/s1. The van der Waals surface area contributed by atoms with Crippen LogP contribution in [0.4, 0.5) is 0 Å². The minimum Gasteiger partial charge on any atom is -0.480 e. The largest absolute Gasteiger partial charge is 0.480 e. The van der Waals surface area contributed by atoms with Gasteiger partial charge in [0.05, 0.1) is 4.90 Å². The lowest BCUT2D eigenvalue weighted by Crippen LogP contribution is -2.55. The van der Waals surface area contributed by atoms with Gasteiger partial charge in [0.1, 0.15) is 5.54 Å². The first-order chi connectivity index (χ1) is 13.2. The molecule has 1 saturated carbocycles. The highest BCUT2D eigenvalue weighted by Crippen LogP contribution is 2.29. The van der Waals surface area contributed by atoms with Crippen LogP contribution in [-0.2, 0) is 14.8 Å². The van der Waals surface area contributed by atoms with E-state index in [9.17, 15) is 23.1 Å². The lowest BCUT2D eigenvalue weighted by atomic mass is 9.81. The molecule has 154 valence electrons. The predicted molar refractivity (Wildman–Crippen MR) is 105 cm³/mol. The number of carbonyl (C=O) groups is 2. The van der Waals surface area contributed by atoms with E-state index in [1.54, 1.807) is 0 Å². The molecule has 1 aliphatic carbocycles. The van der Waals surface area contributed by atoms with Gasteiger partial charge < -0.3 is 10.4 Å². The molecule has 0 bridgehead atoms. The monoisotopic (exact) mass is 408 g/mol. The molecule has 2 N–H and O–H groups in total. The third kappa shape index (κ3) is 4.22. The molecule has 1 amide bonds.